The molecule has 8 aliphatic rings. The number of hydrogen-bond donors (Lipinski definition) is 0. The molecule has 8 aliphatic carbocycles. The lowest BCUT2D eigenvalue weighted by molar-refractivity contribution is -0.149. The van der Waals surface area contributed by atoms with Crippen molar-refractivity contribution in [1.29, 1.82) is 0 Å². The highest BCUT2D eigenvalue weighted by Gasteiger charge is 2.62. The van der Waals surface area contributed by atoms with Crippen molar-refractivity contribution in [2.75, 3.05) is 0 Å². The molecule has 278 valence electrons. The minimum Gasteiger partial charge on any atom is -0.462 e. The van der Waals surface area contributed by atoms with Crippen molar-refractivity contribution < 1.29 is 19.1 Å². The van der Waals surface area contributed by atoms with Crippen LogP contribution in [0, 0.1) is 57.2 Å². The number of ether oxygens (including phenoxy) is 2. The topological polar surface area (TPSA) is 65.5 Å². The second kappa shape index (κ2) is 12.3. The number of carbonyl (C=O) groups excluding carboxylic acids is 2. The quantitative estimate of drug-likeness (QED) is 0.231. The highest BCUT2D eigenvalue weighted by molar-refractivity contribution is 5.80. The Morgan fingerprint density at radius 1 is 0.654 bits per heavy atom. The van der Waals surface area contributed by atoms with Crippen LogP contribution in [0.15, 0.2) is 65.0 Å². The summed E-state index contributed by atoms with van der Waals surface area (Å²) < 4.78 is 11.5. The minimum absolute atomic E-state index is 0.0434. The minimum atomic E-state index is -0.142. The first-order valence-corrected chi connectivity index (χ1v) is 20.9. The maximum Gasteiger partial charge on any atom is 0.302 e. The predicted molar refractivity (Wildman–Crippen MR) is 205 cm³/mol. The van der Waals surface area contributed by atoms with Gasteiger partial charge in [0, 0.05) is 39.1 Å². The van der Waals surface area contributed by atoms with Gasteiger partial charge in [0.2, 0.25) is 0 Å². The smallest absolute Gasteiger partial charge is 0.302 e. The van der Waals surface area contributed by atoms with E-state index in [2.05, 4.69) is 64.3 Å². The molecule has 0 bridgehead atoms. The maximum atomic E-state index is 11.8. The lowest BCUT2D eigenvalue weighted by atomic mass is 9.47. The molecule has 0 saturated heterocycles. The number of rotatable bonds is 4. The van der Waals surface area contributed by atoms with Crippen molar-refractivity contribution in [3.63, 3.8) is 0 Å². The molecule has 1 aromatic heterocycles. The molecule has 9 rings (SSSR count). The van der Waals surface area contributed by atoms with Crippen LogP contribution in [0.25, 0.3) is 5.57 Å². The zero-order chi connectivity index (χ0) is 36.2. The highest BCUT2D eigenvalue weighted by atomic mass is 16.5. The van der Waals surface area contributed by atoms with Crippen molar-refractivity contribution in [2.24, 2.45) is 57.2 Å². The molecule has 0 unspecified atom stereocenters. The average Bonchev–Trinajstić information content (AvgIpc) is 3.62. The van der Waals surface area contributed by atoms with Gasteiger partial charge in [-0.2, -0.15) is 0 Å². The molecular formula is C47H61NO4. The number of nitrogens with zero attached hydrogens (tertiary/aromatic N) is 1. The van der Waals surface area contributed by atoms with Crippen LogP contribution < -0.4 is 0 Å². The van der Waals surface area contributed by atoms with E-state index in [9.17, 15) is 9.59 Å². The molecule has 0 aliphatic heterocycles. The monoisotopic (exact) mass is 703 g/mol. The lowest BCUT2D eigenvalue weighted by Gasteiger charge is -2.58. The Labute approximate surface area is 312 Å². The number of carbonyl (C=O) groups is 2. The van der Waals surface area contributed by atoms with Crippen LogP contribution in [-0.4, -0.2) is 29.1 Å². The molecule has 5 heteroatoms. The third kappa shape index (κ3) is 5.09. The van der Waals surface area contributed by atoms with Gasteiger partial charge in [0.05, 0.1) is 0 Å². The lowest BCUT2D eigenvalue weighted by Crippen LogP contribution is -2.50. The summed E-state index contributed by atoms with van der Waals surface area (Å²) in [6.07, 6.45) is 28.0. The molecule has 0 aromatic carbocycles. The number of fused-ring (bicyclic) bond motifs is 10. The Hall–Kier alpha value is -2.95. The van der Waals surface area contributed by atoms with E-state index < -0.39 is 0 Å². The molecule has 1 heterocycles. The first-order valence-electron chi connectivity index (χ1n) is 20.9. The zero-order valence-electron chi connectivity index (χ0n) is 32.6. The molecule has 0 N–H and O–H groups in total. The Bertz CT molecular complexity index is 1790. The van der Waals surface area contributed by atoms with Gasteiger partial charge >= 0.3 is 11.9 Å². The van der Waals surface area contributed by atoms with E-state index in [1.54, 1.807) is 41.7 Å². The van der Waals surface area contributed by atoms with E-state index in [0.717, 1.165) is 44.9 Å². The molecule has 0 amide bonds. The summed E-state index contributed by atoms with van der Waals surface area (Å²) in [5, 5.41) is 0. The summed E-state index contributed by atoms with van der Waals surface area (Å²) in [5.41, 5.74) is 10.3. The second-order valence-electron chi connectivity index (χ2n) is 19.5. The first kappa shape index (κ1) is 34.8. The Morgan fingerprint density at radius 2 is 1.21 bits per heavy atom. The van der Waals surface area contributed by atoms with Crippen LogP contribution in [0.5, 0.6) is 0 Å². The Morgan fingerprint density at radius 3 is 1.77 bits per heavy atom. The van der Waals surface area contributed by atoms with Crippen molar-refractivity contribution in [3.05, 3.63) is 70.6 Å². The molecule has 4 saturated carbocycles. The van der Waals surface area contributed by atoms with Crippen molar-refractivity contribution in [1.82, 2.24) is 4.98 Å². The van der Waals surface area contributed by atoms with E-state index >= 15 is 0 Å². The molecule has 4 fully saturated rings. The van der Waals surface area contributed by atoms with Crippen LogP contribution in [-0.2, 0) is 19.1 Å². The second-order valence-corrected chi connectivity index (χ2v) is 19.5. The predicted octanol–water partition coefficient (Wildman–Crippen LogP) is 10.8. The molecule has 0 spiro atoms. The molecule has 1 aromatic rings. The van der Waals surface area contributed by atoms with Gasteiger partial charge in [0.15, 0.2) is 0 Å². The van der Waals surface area contributed by atoms with Crippen molar-refractivity contribution >= 4 is 17.5 Å². The Kier molecular flexibility index (Phi) is 8.22. The summed E-state index contributed by atoms with van der Waals surface area (Å²) in [7, 11) is 0. The fourth-order valence-electron chi connectivity index (χ4n) is 14.9. The number of esters is 2. The fourth-order valence-corrected chi connectivity index (χ4v) is 14.9. The summed E-state index contributed by atoms with van der Waals surface area (Å²) in [6, 6.07) is 4.51. The molecule has 12 atom stereocenters. The van der Waals surface area contributed by atoms with Gasteiger partial charge < -0.3 is 9.47 Å². The maximum absolute atomic E-state index is 11.8. The average molecular weight is 704 g/mol. The standard InChI is InChI=1S/C47H61NO4/c1-28(49)51-33-15-19-44(3)31(24-33)9-11-35-38-13-14-39(46(38,5)21-17-40(35)44)37-26-42-36-12-10-32-25-34(52-29(2)50)16-20-45(32,4)41(36)18-22-47(42,6)43(37)30-8-7-23-48-27-30/h7-10,14,23,27,33-36,38,40-42H,11-13,15-22,24-26H2,1-6H3/t33-,34+,35-,36-,38-,40-,41+,42+,44-,45+,46-,47+/m1/s1. The number of hydrogen-bond acceptors (Lipinski definition) is 5. The molecular weight excluding hydrogens is 643 g/mol. The largest absolute Gasteiger partial charge is 0.462 e. The van der Waals surface area contributed by atoms with Gasteiger partial charge in [0.25, 0.3) is 0 Å². The van der Waals surface area contributed by atoms with Crippen LogP contribution in [0.2, 0.25) is 0 Å². The summed E-state index contributed by atoms with van der Waals surface area (Å²) >= 11 is 0. The summed E-state index contributed by atoms with van der Waals surface area (Å²) in [4.78, 5) is 28.4. The highest BCUT2D eigenvalue weighted by Crippen LogP contribution is 2.72. The molecule has 0 radical (unpaired) electrons. The van der Waals surface area contributed by atoms with Gasteiger partial charge in [-0.1, -0.05) is 63.1 Å². The van der Waals surface area contributed by atoms with E-state index in [0.29, 0.717) is 35.5 Å². The normalized spacial score (nSPS) is 44.8. The third-order valence-corrected chi connectivity index (χ3v) is 17.3. The first-order chi connectivity index (χ1) is 24.8. The van der Waals surface area contributed by atoms with Crippen molar-refractivity contribution in [3.8, 4) is 0 Å². The van der Waals surface area contributed by atoms with E-state index in [-0.39, 0.29) is 45.8 Å². The Balaban J connectivity index is 1.03. The van der Waals surface area contributed by atoms with Gasteiger partial charge in [-0.05, 0) is 163 Å². The summed E-state index contributed by atoms with van der Waals surface area (Å²) in [5.74, 6) is 3.81. The van der Waals surface area contributed by atoms with Gasteiger partial charge in [-0.3, -0.25) is 14.6 Å². The molecule has 52 heavy (non-hydrogen) atoms. The van der Waals surface area contributed by atoms with E-state index in [4.69, 9.17) is 14.5 Å². The van der Waals surface area contributed by atoms with Crippen molar-refractivity contribution in [2.45, 2.75) is 144 Å². The zero-order valence-corrected chi connectivity index (χ0v) is 32.6. The van der Waals surface area contributed by atoms with Crippen LogP contribution in [0.4, 0.5) is 0 Å². The van der Waals surface area contributed by atoms with E-state index in [1.807, 2.05) is 6.20 Å². The fraction of sp³-hybridized carbons (Fsp3) is 0.681. The van der Waals surface area contributed by atoms with Gasteiger partial charge in [0.1, 0.15) is 12.2 Å². The molecule has 5 nitrogen and oxygen atoms in total. The van der Waals surface area contributed by atoms with Gasteiger partial charge in [-0.15, -0.1) is 0 Å². The summed E-state index contributed by atoms with van der Waals surface area (Å²) in [6.45, 7) is 13.5. The van der Waals surface area contributed by atoms with Gasteiger partial charge in [-0.25, -0.2) is 0 Å². The SMILES string of the molecule is CC(=O)O[C@@H]1CC[C@]2(C)C(=CC[C@@H]3[C@H]4CC=C(C5=C(c6cccnc6)[C@@]6(C)CC[C@H]7[C@@H](CC=C8C[C@@H](OC(C)=O)CC[C@@]87C)[C@@H]6C5)[C@]4(C)CC[C@H]32)C1. The number of aromatic nitrogens is 1. The number of allylic oxidation sites excluding steroid dienone is 6. The third-order valence-electron chi connectivity index (χ3n) is 17.3. The van der Waals surface area contributed by atoms with Crippen LogP contribution in [0.1, 0.15) is 137 Å². The van der Waals surface area contributed by atoms with Crippen LogP contribution >= 0.6 is 0 Å². The van der Waals surface area contributed by atoms with Crippen LogP contribution in [0.3, 0.4) is 0 Å². The van der Waals surface area contributed by atoms with E-state index in [1.165, 1.54) is 50.5 Å². The number of pyridine rings is 1.